The van der Waals surface area contributed by atoms with Crippen LogP contribution in [0.25, 0.3) is 11.0 Å². The smallest absolute Gasteiger partial charge is 0.410 e. The Morgan fingerprint density at radius 3 is 2.66 bits per heavy atom. The van der Waals surface area contributed by atoms with Crippen molar-refractivity contribution in [3.63, 3.8) is 0 Å². The molecule has 2 amide bonds. The van der Waals surface area contributed by atoms with Crippen LogP contribution in [0.15, 0.2) is 48.5 Å². The molecule has 4 heterocycles. The van der Waals surface area contributed by atoms with Crippen molar-refractivity contribution in [1.82, 2.24) is 24.7 Å². The van der Waals surface area contributed by atoms with Gasteiger partial charge in [-0.3, -0.25) is 14.6 Å². The van der Waals surface area contributed by atoms with Gasteiger partial charge >= 0.3 is 6.09 Å². The number of halogens is 1. The number of hydrogen-bond donors (Lipinski definition) is 1. The number of thioether (sulfide) groups is 1. The number of benzene rings is 2. The van der Waals surface area contributed by atoms with E-state index in [0.717, 1.165) is 61.0 Å². The van der Waals surface area contributed by atoms with Crippen molar-refractivity contribution in [3.8, 4) is 0 Å². The summed E-state index contributed by atoms with van der Waals surface area (Å²) in [7, 11) is 0. The van der Waals surface area contributed by atoms with Crippen LogP contribution in [0.5, 0.6) is 0 Å². The normalized spacial score (nSPS) is 22.4. The number of nitrogens with zero attached hydrogens (tertiary/aromatic N) is 5. The van der Waals surface area contributed by atoms with Gasteiger partial charge in [-0.25, -0.2) is 9.78 Å². The lowest BCUT2D eigenvalue weighted by atomic mass is 10.1. The average Bonchev–Trinajstić information content (AvgIpc) is 3.72. The van der Waals surface area contributed by atoms with Gasteiger partial charge < -0.3 is 19.5 Å². The van der Waals surface area contributed by atoms with Crippen molar-refractivity contribution in [2.75, 3.05) is 55.8 Å². The van der Waals surface area contributed by atoms with Gasteiger partial charge in [0, 0.05) is 56.1 Å². The number of amides is 2. The molecule has 2 aromatic carbocycles. The summed E-state index contributed by atoms with van der Waals surface area (Å²) in [4.78, 5) is 42.9. The Bertz CT molecular complexity index is 1290. The molecule has 3 aliphatic rings. The van der Waals surface area contributed by atoms with Gasteiger partial charge in [-0.2, -0.15) is 0 Å². The minimum atomic E-state index is -0.486. The lowest BCUT2D eigenvalue weighted by molar-refractivity contribution is -0.134. The second kappa shape index (κ2) is 11.0. The van der Waals surface area contributed by atoms with E-state index in [9.17, 15) is 9.59 Å². The van der Waals surface area contributed by atoms with Gasteiger partial charge in [-0.15, -0.1) is 11.8 Å². The number of rotatable bonds is 5. The van der Waals surface area contributed by atoms with Crippen molar-refractivity contribution >= 4 is 52.3 Å². The molecule has 0 bridgehead atoms. The second-order valence-corrected chi connectivity index (χ2v) is 11.5. The zero-order valence-corrected chi connectivity index (χ0v) is 22.7. The number of aromatic nitrogens is 2. The predicted octanol–water partition coefficient (Wildman–Crippen LogP) is 3.65. The van der Waals surface area contributed by atoms with Crippen molar-refractivity contribution in [2.24, 2.45) is 0 Å². The number of fused-ring (bicyclic) bond motifs is 1. The fourth-order valence-electron chi connectivity index (χ4n) is 5.53. The van der Waals surface area contributed by atoms with Crippen LogP contribution < -0.4 is 4.90 Å². The number of aromatic amines is 1. The molecule has 0 spiro atoms. The van der Waals surface area contributed by atoms with Crippen LogP contribution in [0.2, 0.25) is 5.02 Å². The van der Waals surface area contributed by atoms with E-state index in [1.807, 2.05) is 53.4 Å². The topological polar surface area (TPSA) is 85.0 Å². The van der Waals surface area contributed by atoms with Crippen LogP contribution in [-0.2, 0) is 16.1 Å². The zero-order chi connectivity index (χ0) is 26.1. The summed E-state index contributed by atoms with van der Waals surface area (Å²) in [5.74, 6) is 2.51. The van der Waals surface area contributed by atoms with Gasteiger partial charge in [0.25, 0.3) is 0 Å². The van der Waals surface area contributed by atoms with E-state index in [1.54, 1.807) is 16.7 Å². The number of imidazole rings is 1. The van der Waals surface area contributed by atoms with Gasteiger partial charge in [0.1, 0.15) is 12.6 Å². The molecule has 0 aliphatic carbocycles. The summed E-state index contributed by atoms with van der Waals surface area (Å²) in [5, 5.41) is 0.683. The van der Waals surface area contributed by atoms with Crippen LogP contribution in [0.4, 0.5) is 10.7 Å². The second-order valence-electron chi connectivity index (χ2n) is 9.98. The van der Waals surface area contributed by atoms with Gasteiger partial charge in [-0.1, -0.05) is 41.9 Å². The number of ether oxygens (including phenoxy) is 1. The fourth-order valence-corrected chi connectivity index (χ4v) is 6.66. The molecule has 1 N–H and O–H groups in total. The molecule has 3 saturated heterocycles. The third-order valence-electron chi connectivity index (χ3n) is 7.63. The molecule has 1 aromatic heterocycles. The van der Waals surface area contributed by atoms with Crippen LogP contribution in [0, 0.1) is 0 Å². The summed E-state index contributed by atoms with van der Waals surface area (Å²) >= 11 is 7.89. The molecule has 3 aliphatic heterocycles. The highest BCUT2D eigenvalue weighted by atomic mass is 35.5. The Morgan fingerprint density at radius 2 is 1.89 bits per heavy atom. The number of anilines is 1. The molecule has 9 nitrogen and oxygen atoms in total. The van der Waals surface area contributed by atoms with Crippen LogP contribution in [0.3, 0.4) is 0 Å². The summed E-state index contributed by atoms with van der Waals surface area (Å²) in [6.45, 7) is 4.70. The fraction of sp³-hybridized carbons (Fsp3) is 0.444. The van der Waals surface area contributed by atoms with E-state index in [2.05, 4.69) is 14.8 Å². The van der Waals surface area contributed by atoms with E-state index in [4.69, 9.17) is 21.3 Å². The van der Waals surface area contributed by atoms with Gasteiger partial charge in [-0.05, 0) is 30.2 Å². The molecule has 3 fully saturated rings. The van der Waals surface area contributed by atoms with Gasteiger partial charge in [0.05, 0.1) is 16.9 Å². The Labute approximate surface area is 231 Å². The number of H-pyrrole nitrogens is 1. The van der Waals surface area contributed by atoms with Gasteiger partial charge in [0.2, 0.25) is 11.9 Å². The summed E-state index contributed by atoms with van der Waals surface area (Å²) in [6, 6.07) is 14.9. The van der Waals surface area contributed by atoms with Gasteiger partial charge in [0.15, 0.2) is 0 Å². The number of nitrogens with one attached hydrogen (secondary N) is 1. The maximum atomic E-state index is 13.4. The highest BCUT2D eigenvalue weighted by Crippen LogP contribution is 2.29. The standard InChI is InChI=1S/C27H31ClN6O3S/c28-20-6-7-22-23(14-20)30-26(29-22)32-10-8-31(9-11-32)21-15-24(25(35)33-12-13-38-18-33)34(16-21)27(36)37-17-19-4-2-1-3-5-19/h1-7,14,21,24H,8-13,15-18H2,(H,29,30)/t21-,24-/m0/s1. The summed E-state index contributed by atoms with van der Waals surface area (Å²) < 4.78 is 5.67. The van der Waals surface area contributed by atoms with E-state index in [-0.39, 0.29) is 18.6 Å². The Morgan fingerprint density at radius 1 is 1.08 bits per heavy atom. The van der Waals surface area contributed by atoms with Crippen molar-refractivity contribution in [2.45, 2.75) is 25.1 Å². The van der Waals surface area contributed by atoms with E-state index in [0.29, 0.717) is 23.9 Å². The highest BCUT2D eigenvalue weighted by Gasteiger charge is 2.45. The van der Waals surface area contributed by atoms with E-state index < -0.39 is 12.1 Å². The SMILES string of the molecule is O=C([C@@H]1C[C@H](N2CCN(c3nc4ccc(Cl)cc4[nH]3)CC2)CN1C(=O)OCc1ccccc1)N1CCSC1. The molecule has 0 radical (unpaired) electrons. The first-order chi connectivity index (χ1) is 18.5. The molecular formula is C27H31ClN6O3S. The number of piperazine rings is 1. The third kappa shape index (κ3) is 5.30. The molecule has 6 rings (SSSR count). The first-order valence-electron chi connectivity index (χ1n) is 13.0. The molecule has 0 saturated carbocycles. The maximum Gasteiger partial charge on any atom is 0.410 e. The number of likely N-dealkylation sites (tertiary alicyclic amines) is 1. The number of carbonyl (C=O) groups excluding carboxylic acids is 2. The molecular weight excluding hydrogens is 524 g/mol. The average molecular weight is 555 g/mol. The Hall–Kier alpha value is -2.95. The Balaban J connectivity index is 1.11. The number of hydrogen-bond acceptors (Lipinski definition) is 7. The summed E-state index contributed by atoms with van der Waals surface area (Å²) in [5.41, 5.74) is 2.75. The quantitative estimate of drug-likeness (QED) is 0.515. The highest BCUT2D eigenvalue weighted by molar-refractivity contribution is 7.99. The van der Waals surface area contributed by atoms with Crippen molar-refractivity contribution in [3.05, 3.63) is 59.1 Å². The lowest BCUT2D eigenvalue weighted by Gasteiger charge is -2.37. The van der Waals surface area contributed by atoms with Crippen LogP contribution in [-0.4, -0.2) is 99.6 Å². The molecule has 200 valence electrons. The largest absolute Gasteiger partial charge is 0.445 e. The predicted molar refractivity (Wildman–Crippen MR) is 149 cm³/mol. The minimum absolute atomic E-state index is 0.0359. The lowest BCUT2D eigenvalue weighted by Crippen LogP contribution is -2.51. The number of carbonyl (C=O) groups is 2. The first-order valence-corrected chi connectivity index (χ1v) is 14.6. The van der Waals surface area contributed by atoms with Crippen LogP contribution >= 0.6 is 23.4 Å². The Kier molecular flexibility index (Phi) is 7.36. The maximum absolute atomic E-state index is 13.4. The molecule has 0 unspecified atom stereocenters. The minimum Gasteiger partial charge on any atom is -0.445 e. The molecule has 38 heavy (non-hydrogen) atoms. The van der Waals surface area contributed by atoms with Crippen molar-refractivity contribution < 1.29 is 14.3 Å². The molecule has 3 aromatic rings. The zero-order valence-electron chi connectivity index (χ0n) is 21.1. The van der Waals surface area contributed by atoms with E-state index in [1.165, 1.54) is 0 Å². The molecule has 11 heteroatoms. The monoisotopic (exact) mass is 554 g/mol. The first kappa shape index (κ1) is 25.3. The summed E-state index contributed by atoms with van der Waals surface area (Å²) in [6.07, 6.45) is 0.213. The van der Waals surface area contributed by atoms with E-state index >= 15 is 0 Å². The molecule has 2 atom stereocenters. The van der Waals surface area contributed by atoms with Crippen LogP contribution in [0.1, 0.15) is 12.0 Å². The van der Waals surface area contributed by atoms with Crippen molar-refractivity contribution in [1.29, 1.82) is 0 Å². The third-order valence-corrected chi connectivity index (χ3v) is 8.83.